The van der Waals surface area contributed by atoms with Gasteiger partial charge in [0.2, 0.25) is 5.57 Å². The average Bonchev–Trinajstić information content (AvgIpc) is 3.08. The zero-order valence-corrected chi connectivity index (χ0v) is 15.8. The predicted octanol–water partition coefficient (Wildman–Crippen LogP) is 3.88. The lowest BCUT2D eigenvalue weighted by atomic mass is 10.2. The van der Waals surface area contributed by atoms with Gasteiger partial charge in [-0.2, -0.15) is 0 Å². The van der Waals surface area contributed by atoms with Crippen molar-refractivity contribution in [2.45, 2.75) is 20.4 Å². The van der Waals surface area contributed by atoms with Crippen molar-refractivity contribution in [3.05, 3.63) is 66.2 Å². The number of hydrogen-bond donors (Lipinski definition) is 0. The van der Waals surface area contributed by atoms with E-state index in [0.29, 0.717) is 12.4 Å². The molecule has 0 unspecified atom stereocenters. The molecule has 0 amide bonds. The lowest BCUT2D eigenvalue weighted by molar-refractivity contribution is 0.228. The van der Waals surface area contributed by atoms with E-state index in [-0.39, 0.29) is 18.8 Å². The SMILES string of the molecule is CCOP(=O)(OCC)c1nnc(-c2ccccc2)n1Cc1ccccc1. The van der Waals surface area contributed by atoms with E-state index in [0.717, 1.165) is 11.1 Å². The van der Waals surface area contributed by atoms with Gasteiger partial charge in [0.15, 0.2) is 5.82 Å². The molecule has 0 aliphatic rings. The third kappa shape index (κ3) is 3.93. The highest BCUT2D eigenvalue weighted by atomic mass is 31.2. The maximum Gasteiger partial charge on any atom is 0.398 e. The van der Waals surface area contributed by atoms with E-state index in [4.69, 9.17) is 9.05 Å². The third-order valence-corrected chi connectivity index (χ3v) is 5.81. The van der Waals surface area contributed by atoms with Gasteiger partial charge in [0.1, 0.15) is 0 Å². The summed E-state index contributed by atoms with van der Waals surface area (Å²) in [4.78, 5) is 0. The summed E-state index contributed by atoms with van der Waals surface area (Å²) in [5.41, 5.74) is 2.16. The van der Waals surface area contributed by atoms with Crippen LogP contribution in [0.4, 0.5) is 0 Å². The molecule has 26 heavy (non-hydrogen) atoms. The molecule has 0 bridgehead atoms. The van der Waals surface area contributed by atoms with Crippen LogP contribution in [0.5, 0.6) is 0 Å². The fraction of sp³-hybridized carbons (Fsp3) is 0.263. The second kappa shape index (κ2) is 8.41. The highest BCUT2D eigenvalue weighted by Crippen LogP contribution is 2.46. The standard InChI is InChI=1S/C19H22N3O3P/c1-3-24-26(23,25-4-2)19-21-20-18(17-13-9-6-10-14-17)22(19)15-16-11-7-5-8-12-16/h5-14H,3-4,15H2,1-2H3. The molecule has 1 aromatic heterocycles. The molecular weight excluding hydrogens is 349 g/mol. The van der Waals surface area contributed by atoms with E-state index < -0.39 is 7.60 Å². The minimum atomic E-state index is -3.56. The van der Waals surface area contributed by atoms with Crippen LogP contribution in [0, 0.1) is 0 Å². The van der Waals surface area contributed by atoms with E-state index in [1.54, 1.807) is 13.8 Å². The maximum atomic E-state index is 13.3. The summed E-state index contributed by atoms with van der Waals surface area (Å²) in [6.45, 7) is 4.55. The fourth-order valence-electron chi connectivity index (χ4n) is 2.70. The van der Waals surface area contributed by atoms with Gasteiger partial charge in [-0.15, -0.1) is 10.2 Å². The summed E-state index contributed by atoms with van der Waals surface area (Å²) in [7, 11) is -3.56. The molecule has 136 valence electrons. The molecule has 0 fully saturated rings. The number of rotatable bonds is 8. The van der Waals surface area contributed by atoms with Crippen molar-refractivity contribution in [3.63, 3.8) is 0 Å². The van der Waals surface area contributed by atoms with Crippen molar-refractivity contribution in [3.8, 4) is 11.4 Å². The van der Waals surface area contributed by atoms with Crippen LogP contribution in [0.15, 0.2) is 60.7 Å². The molecule has 0 N–H and O–H groups in total. The van der Waals surface area contributed by atoms with Crippen LogP contribution in [0.2, 0.25) is 0 Å². The number of aromatic nitrogens is 3. The predicted molar refractivity (Wildman–Crippen MR) is 101 cm³/mol. The van der Waals surface area contributed by atoms with E-state index in [2.05, 4.69) is 10.2 Å². The number of nitrogens with zero attached hydrogens (tertiary/aromatic N) is 3. The molecule has 3 aromatic rings. The van der Waals surface area contributed by atoms with Crippen molar-refractivity contribution in [2.75, 3.05) is 13.2 Å². The maximum absolute atomic E-state index is 13.3. The Morgan fingerprint density at radius 1 is 0.885 bits per heavy atom. The van der Waals surface area contributed by atoms with Crippen LogP contribution in [0.3, 0.4) is 0 Å². The molecule has 6 nitrogen and oxygen atoms in total. The molecule has 0 aliphatic carbocycles. The Morgan fingerprint density at radius 3 is 2.04 bits per heavy atom. The first-order valence-electron chi connectivity index (χ1n) is 8.60. The number of benzene rings is 2. The smallest absolute Gasteiger partial charge is 0.303 e. The first-order chi connectivity index (χ1) is 12.7. The van der Waals surface area contributed by atoms with Crippen LogP contribution >= 0.6 is 7.60 Å². The minimum Gasteiger partial charge on any atom is -0.303 e. The van der Waals surface area contributed by atoms with Crippen LogP contribution in [-0.4, -0.2) is 28.0 Å². The van der Waals surface area contributed by atoms with Gasteiger partial charge in [0, 0.05) is 5.56 Å². The van der Waals surface area contributed by atoms with Crippen LogP contribution in [0.25, 0.3) is 11.4 Å². The normalized spacial score (nSPS) is 11.6. The molecule has 0 saturated heterocycles. The highest BCUT2D eigenvalue weighted by Gasteiger charge is 2.35. The van der Waals surface area contributed by atoms with Crippen molar-refractivity contribution < 1.29 is 13.6 Å². The van der Waals surface area contributed by atoms with Crippen molar-refractivity contribution in [1.29, 1.82) is 0 Å². The van der Waals surface area contributed by atoms with Crippen LogP contribution in [-0.2, 0) is 20.2 Å². The quantitative estimate of drug-likeness (QED) is 0.562. The van der Waals surface area contributed by atoms with Gasteiger partial charge < -0.3 is 9.05 Å². The summed E-state index contributed by atoms with van der Waals surface area (Å²) >= 11 is 0. The van der Waals surface area contributed by atoms with Gasteiger partial charge in [-0.1, -0.05) is 60.7 Å². The molecule has 0 aliphatic heterocycles. The van der Waals surface area contributed by atoms with E-state index in [9.17, 15) is 4.57 Å². The second-order valence-electron chi connectivity index (χ2n) is 5.59. The number of hydrogen-bond acceptors (Lipinski definition) is 5. The van der Waals surface area contributed by atoms with Crippen molar-refractivity contribution in [1.82, 2.24) is 14.8 Å². The van der Waals surface area contributed by atoms with E-state index in [1.165, 1.54) is 0 Å². The minimum absolute atomic E-state index is 0.226. The Bertz CT molecular complexity index is 872. The largest absolute Gasteiger partial charge is 0.398 e. The van der Waals surface area contributed by atoms with Crippen molar-refractivity contribution in [2.24, 2.45) is 0 Å². The first kappa shape index (κ1) is 18.5. The van der Waals surface area contributed by atoms with Gasteiger partial charge in [-0.3, -0.25) is 9.13 Å². The molecule has 0 radical (unpaired) electrons. The van der Waals surface area contributed by atoms with Gasteiger partial charge in [0.05, 0.1) is 19.8 Å². The summed E-state index contributed by atoms with van der Waals surface area (Å²) in [6.07, 6.45) is 0. The van der Waals surface area contributed by atoms with E-state index >= 15 is 0 Å². The molecule has 0 atom stereocenters. The Morgan fingerprint density at radius 2 is 1.46 bits per heavy atom. The molecule has 1 heterocycles. The Hall–Kier alpha value is -2.27. The Labute approximate surface area is 153 Å². The Balaban J connectivity index is 2.12. The summed E-state index contributed by atoms with van der Waals surface area (Å²) in [5.74, 6) is 0.629. The molecule has 0 spiro atoms. The lowest BCUT2D eigenvalue weighted by Crippen LogP contribution is -2.23. The fourth-order valence-corrected chi connectivity index (χ4v) is 4.30. The third-order valence-electron chi connectivity index (χ3n) is 3.79. The second-order valence-corrected chi connectivity index (χ2v) is 7.51. The summed E-state index contributed by atoms with van der Waals surface area (Å²) < 4.78 is 26.1. The highest BCUT2D eigenvalue weighted by molar-refractivity contribution is 7.61. The summed E-state index contributed by atoms with van der Waals surface area (Å²) in [5, 5.41) is 8.49. The average molecular weight is 371 g/mol. The summed E-state index contributed by atoms with van der Waals surface area (Å²) in [6, 6.07) is 19.6. The van der Waals surface area contributed by atoms with Gasteiger partial charge in [-0.25, -0.2) is 0 Å². The topological polar surface area (TPSA) is 66.2 Å². The lowest BCUT2D eigenvalue weighted by Gasteiger charge is -2.18. The van der Waals surface area contributed by atoms with Gasteiger partial charge >= 0.3 is 7.60 Å². The molecule has 0 saturated carbocycles. The molecular formula is C19H22N3O3P. The molecule has 7 heteroatoms. The Kier molecular flexibility index (Phi) is 5.99. The molecule has 2 aromatic carbocycles. The van der Waals surface area contributed by atoms with Crippen molar-refractivity contribution >= 4 is 13.2 Å². The molecule has 3 rings (SSSR count). The zero-order valence-electron chi connectivity index (χ0n) is 14.9. The van der Waals surface area contributed by atoms with Gasteiger partial charge in [-0.05, 0) is 19.4 Å². The van der Waals surface area contributed by atoms with E-state index in [1.807, 2.05) is 65.2 Å². The monoisotopic (exact) mass is 371 g/mol. The van der Waals surface area contributed by atoms with Crippen LogP contribution < -0.4 is 5.57 Å². The van der Waals surface area contributed by atoms with Crippen LogP contribution in [0.1, 0.15) is 19.4 Å². The first-order valence-corrected chi connectivity index (χ1v) is 10.1. The zero-order chi connectivity index (χ0) is 18.4. The van der Waals surface area contributed by atoms with Gasteiger partial charge in [0.25, 0.3) is 0 Å².